The van der Waals surface area contributed by atoms with Gasteiger partial charge in [0.2, 0.25) is 0 Å². The van der Waals surface area contributed by atoms with E-state index in [0.29, 0.717) is 0 Å². The quantitative estimate of drug-likeness (QED) is 0.900. The fourth-order valence-electron chi connectivity index (χ4n) is 1.94. The second-order valence-corrected chi connectivity index (χ2v) is 5.08. The van der Waals surface area contributed by atoms with Crippen molar-refractivity contribution in [2.24, 2.45) is 0 Å². The highest BCUT2D eigenvalue weighted by Crippen LogP contribution is 2.37. The van der Waals surface area contributed by atoms with E-state index in [0.717, 1.165) is 28.7 Å². The van der Waals surface area contributed by atoms with Crippen molar-refractivity contribution in [2.45, 2.75) is 19.1 Å². The van der Waals surface area contributed by atoms with Gasteiger partial charge >= 0.3 is 0 Å². The predicted octanol–water partition coefficient (Wildman–Crippen LogP) is 1.93. The van der Waals surface area contributed by atoms with Crippen LogP contribution in [0.1, 0.15) is 21.7 Å². The Morgan fingerprint density at radius 3 is 3.12 bits per heavy atom. The van der Waals surface area contributed by atoms with Crippen LogP contribution in [0.4, 0.5) is 0 Å². The van der Waals surface area contributed by atoms with Crippen LogP contribution in [0.3, 0.4) is 0 Å². The van der Waals surface area contributed by atoms with E-state index in [1.54, 1.807) is 11.3 Å². The van der Waals surface area contributed by atoms with Gasteiger partial charge in [-0.15, -0.1) is 10.2 Å². The first-order valence-electron chi connectivity index (χ1n) is 5.58. The maximum Gasteiger partial charge on any atom is 0.158 e. The van der Waals surface area contributed by atoms with Crippen LogP contribution in [-0.4, -0.2) is 17.2 Å². The van der Waals surface area contributed by atoms with Gasteiger partial charge in [-0.05, 0) is 18.7 Å². The number of aromatic nitrogens is 2. The lowest BCUT2D eigenvalue weighted by atomic mass is 10.1. The first kappa shape index (κ1) is 10.7. The zero-order valence-corrected chi connectivity index (χ0v) is 10.3. The summed E-state index contributed by atoms with van der Waals surface area (Å²) in [5, 5.41) is 13.4. The summed E-state index contributed by atoms with van der Waals surface area (Å²) < 4.78 is 5.87. The van der Waals surface area contributed by atoms with Crippen molar-refractivity contribution in [3.8, 4) is 5.75 Å². The van der Waals surface area contributed by atoms with Gasteiger partial charge < -0.3 is 10.1 Å². The molecule has 3 rings (SSSR count). The van der Waals surface area contributed by atoms with Crippen molar-refractivity contribution >= 4 is 11.3 Å². The maximum atomic E-state index is 5.87. The molecule has 0 saturated carbocycles. The molecule has 4 nitrogen and oxygen atoms in total. The average Bonchev–Trinajstić information content (AvgIpc) is 2.94. The summed E-state index contributed by atoms with van der Waals surface area (Å²) in [4.78, 5) is 0. The third-order valence-corrected chi connectivity index (χ3v) is 3.75. The molecule has 1 aromatic heterocycles. The monoisotopic (exact) mass is 247 g/mol. The Morgan fingerprint density at radius 1 is 1.41 bits per heavy atom. The Bertz CT molecular complexity index is 501. The molecule has 1 aromatic carbocycles. The molecule has 1 unspecified atom stereocenters. The number of para-hydroxylation sites is 1. The Labute approximate surface area is 104 Å². The second-order valence-electron chi connectivity index (χ2n) is 3.98. The molecule has 2 heterocycles. The van der Waals surface area contributed by atoms with Crippen LogP contribution in [-0.2, 0) is 13.0 Å². The van der Waals surface area contributed by atoms with Crippen LogP contribution < -0.4 is 10.1 Å². The molecule has 1 aliphatic heterocycles. The van der Waals surface area contributed by atoms with E-state index in [2.05, 4.69) is 21.6 Å². The van der Waals surface area contributed by atoms with Crippen molar-refractivity contribution in [1.82, 2.24) is 15.5 Å². The maximum absolute atomic E-state index is 5.87. The molecular weight excluding hydrogens is 234 g/mol. The molecule has 0 radical (unpaired) electrons. The lowest BCUT2D eigenvalue weighted by molar-refractivity contribution is 0.237. The number of fused-ring (bicyclic) bond motifs is 1. The Morgan fingerprint density at radius 2 is 2.29 bits per heavy atom. The zero-order valence-electron chi connectivity index (χ0n) is 9.51. The number of hydrogen-bond acceptors (Lipinski definition) is 5. The molecule has 0 fully saturated rings. The van der Waals surface area contributed by atoms with E-state index in [4.69, 9.17) is 4.74 Å². The molecule has 0 saturated heterocycles. The zero-order chi connectivity index (χ0) is 11.7. The SMILES string of the molecule is CNCc1nnc(C2Cc3ccccc3O2)s1. The van der Waals surface area contributed by atoms with Gasteiger partial charge in [-0.1, -0.05) is 29.5 Å². The minimum absolute atomic E-state index is 0.0375. The lowest BCUT2D eigenvalue weighted by Crippen LogP contribution is -2.04. The standard InChI is InChI=1S/C12H13N3OS/c1-13-7-11-14-15-12(17-11)10-6-8-4-2-3-5-9(8)16-10/h2-5,10,13H,6-7H2,1H3. The number of benzene rings is 1. The van der Waals surface area contributed by atoms with Crippen molar-refractivity contribution in [1.29, 1.82) is 0 Å². The van der Waals surface area contributed by atoms with Gasteiger partial charge in [-0.25, -0.2) is 0 Å². The molecule has 0 bridgehead atoms. The van der Waals surface area contributed by atoms with Crippen molar-refractivity contribution in [3.63, 3.8) is 0 Å². The molecule has 17 heavy (non-hydrogen) atoms. The summed E-state index contributed by atoms with van der Waals surface area (Å²) in [6.07, 6.45) is 0.931. The van der Waals surface area contributed by atoms with E-state index in [1.165, 1.54) is 5.56 Å². The molecule has 88 valence electrons. The third-order valence-electron chi connectivity index (χ3n) is 2.73. The first-order chi connectivity index (χ1) is 8.36. The third kappa shape index (κ3) is 2.03. The Balaban J connectivity index is 1.79. The molecule has 1 atom stereocenters. The number of rotatable bonds is 3. The predicted molar refractivity (Wildman–Crippen MR) is 66.2 cm³/mol. The van der Waals surface area contributed by atoms with E-state index in [9.17, 15) is 0 Å². The van der Waals surface area contributed by atoms with E-state index >= 15 is 0 Å². The minimum Gasteiger partial charge on any atom is -0.483 e. The molecule has 0 aliphatic carbocycles. The van der Waals surface area contributed by atoms with Crippen LogP contribution in [0, 0.1) is 0 Å². The molecule has 1 N–H and O–H groups in total. The summed E-state index contributed by atoms with van der Waals surface area (Å²) in [5.74, 6) is 0.975. The molecular formula is C12H13N3OS. The fraction of sp³-hybridized carbons (Fsp3) is 0.333. The normalized spacial score (nSPS) is 17.8. The topological polar surface area (TPSA) is 47.0 Å². The van der Waals surface area contributed by atoms with Gasteiger partial charge in [0.05, 0.1) is 0 Å². The van der Waals surface area contributed by atoms with Gasteiger partial charge in [0.1, 0.15) is 10.8 Å². The minimum atomic E-state index is 0.0375. The van der Waals surface area contributed by atoms with Crippen molar-refractivity contribution < 1.29 is 4.74 Å². The van der Waals surface area contributed by atoms with Gasteiger partial charge in [-0.3, -0.25) is 0 Å². The molecule has 5 heteroatoms. The first-order valence-corrected chi connectivity index (χ1v) is 6.40. The van der Waals surface area contributed by atoms with Crippen LogP contribution in [0.15, 0.2) is 24.3 Å². The molecule has 0 amide bonds. The highest BCUT2D eigenvalue weighted by molar-refractivity contribution is 7.11. The number of nitrogens with one attached hydrogen (secondary N) is 1. The van der Waals surface area contributed by atoms with Crippen molar-refractivity contribution in [2.75, 3.05) is 7.05 Å². The van der Waals surface area contributed by atoms with E-state index < -0.39 is 0 Å². The summed E-state index contributed by atoms with van der Waals surface area (Å²) >= 11 is 1.62. The lowest BCUT2D eigenvalue weighted by Gasteiger charge is -2.05. The summed E-state index contributed by atoms with van der Waals surface area (Å²) in [6.45, 7) is 0.761. The van der Waals surface area contributed by atoms with Crippen LogP contribution >= 0.6 is 11.3 Å². The Hall–Kier alpha value is -1.46. The fourth-order valence-corrected chi connectivity index (χ4v) is 2.82. The van der Waals surface area contributed by atoms with Crippen LogP contribution in [0.5, 0.6) is 5.75 Å². The highest BCUT2D eigenvalue weighted by Gasteiger charge is 2.26. The smallest absolute Gasteiger partial charge is 0.158 e. The highest BCUT2D eigenvalue weighted by atomic mass is 32.1. The van der Waals surface area contributed by atoms with E-state index in [1.807, 2.05) is 25.2 Å². The van der Waals surface area contributed by atoms with Gasteiger partial charge in [0.25, 0.3) is 0 Å². The van der Waals surface area contributed by atoms with Gasteiger partial charge in [0.15, 0.2) is 11.1 Å². The summed E-state index contributed by atoms with van der Waals surface area (Å²) in [6, 6.07) is 8.14. The number of nitrogens with zero attached hydrogens (tertiary/aromatic N) is 2. The second kappa shape index (κ2) is 4.43. The van der Waals surface area contributed by atoms with Crippen molar-refractivity contribution in [3.05, 3.63) is 39.8 Å². The van der Waals surface area contributed by atoms with Crippen LogP contribution in [0.25, 0.3) is 0 Å². The Kier molecular flexibility index (Phi) is 2.78. The average molecular weight is 247 g/mol. The summed E-state index contributed by atoms with van der Waals surface area (Å²) in [5.41, 5.74) is 1.25. The molecule has 0 spiro atoms. The number of hydrogen-bond donors (Lipinski definition) is 1. The largest absolute Gasteiger partial charge is 0.483 e. The van der Waals surface area contributed by atoms with Gasteiger partial charge in [0, 0.05) is 13.0 Å². The molecule has 1 aliphatic rings. The molecule has 2 aromatic rings. The van der Waals surface area contributed by atoms with Gasteiger partial charge in [-0.2, -0.15) is 0 Å². The number of ether oxygens (including phenoxy) is 1. The summed E-state index contributed by atoms with van der Waals surface area (Å²) in [7, 11) is 1.91. The van der Waals surface area contributed by atoms with Crippen LogP contribution in [0.2, 0.25) is 0 Å². The van der Waals surface area contributed by atoms with E-state index in [-0.39, 0.29) is 6.10 Å².